The van der Waals surface area contributed by atoms with Gasteiger partial charge < -0.3 is 18.1 Å². The van der Waals surface area contributed by atoms with Gasteiger partial charge in [-0.05, 0) is 135 Å². The van der Waals surface area contributed by atoms with E-state index in [9.17, 15) is 0 Å². The first-order valence-electron chi connectivity index (χ1n) is 22.4. The van der Waals surface area contributed by atoms with E-state index >= 15 is 9.13 Å². The van der Waals surface area contributed by atoms with Crippen LogP contribution in [0.5, 0.6) is 0 Å². The fraction of sp³-hybridized carbons (Fsp3) is 0.870. The zero-order valence-electron chi connectivity index (χ0n) is 36.4. The summed E-state index contributed by atoms with van der Waals surface area (Å²) in [5, 5.41) is 0.786. The highest BCUT2D eigenvalue weighted by Gasteiger charge is 2.49. The Hall–Kier alpha value is -0.480. The second kappa shape index (κ2) is 19.1. The average molecular weight is 791 g/mol. The van der Waals surface area contributed by atoms with Gasteiger partial charge in [-0.1, -0.05) is 121 Å². The van der Waals surface area contributed by atoms with E-state index in [1.807, 2.05) is 24.3 Å². The van der Waals surface area contributed by atoms with Gasteiger partial charge in [0.25, 0.3) is 0 Å². The Labute approximate surface area is 331 Å². The van der Waals surface area contributed by atoms with Crippen LogP contribution >= 0.6 is 15.2 Å². The zero-order valence-corrected chi connectivity index (χ0v) is 38.2. The molecule has 54 heavy (non-hydrogen) atoms. The van der Waals surface area contributed by atoms with Gasteiger partial charge in [0.2, 0.25) is 0 Å². The molecule has 0 amide bonds. The highest BCUT2D eigenvalue weighted by atomic mass is 31.2. The number of rotatable bonds is 14. The maximum atomic E-state index is 16.3. The molecule has 1 unspecified atom stereocenters. The van der Waals surface area contributed by atoms with Gasteiger partial charge in [-0.25, -0.2) is 0 Å². The van der Waals surface area contributed by atoms with Gasteiger partial charge in [-0.15, -0.1) is 0 Å². The summed E-state index contributed by atoms with van der Waals surface area (Å²) in [6, 6.07) is 7.56. The van der Waals surface area contributed by atoms with Gasteiger partial charge in [-0.2, -0.15) is 0 Å². The van der Waals surface area contributed by atoms with Gasteiger partial charge in [0.15, 0.2) is 0 Å². The molecule has 0 N–H and O–H groups in total. The second-order valence-corrected chi connectivity index (χ2v) is 24.2. The molecule has 13 atom stereocenters. The summed E-state index contributed by atoms with van der Waals surface area (Å²) >= 11 is 0. The molecular formula is C46H80O6P2. The summed E-state index contributed by atoms with van der Waals surface area (Å²) in [7, 11) is -8.16. The van der Waals surface area contributed by atoms with Gasteiger partial charge in [0.1, 0.15) is 0 Å². The van der Waals surface area contributed by atoms with Gasteiger partial charge in [0, 0.05) is 0 Å². The summed E-state index contributed by atoms with van der Waals surface area (Å²) in [4.78, 5) is 0. The highest BCUT2D eigenvalue weighted by Crippen LogP contribution is 2.60. The maximum Gasteiger partial charge on any atom is 0.362 e. The SMILES string of the molecule is CC(C)[C@H]1CC[C@@H](C)C[C@H]1OP(=O)(O[C@@H]1C[C@H](C)CC[C@H]1C(C)C)c1ccccc1P(=O)(O[C@@H]1C[C@H](C)CC[C@H]1C(C)C)O[C@@H]1C[C@H](C)CC[C@H]1C(C)C. The minimum atomic E-state index is -4.08. The van der Waals surface area contributed by atoms with Gasteiger partial charge in [-0.3, -0.25) is 9.13 Å². The molecule has 1 aromatic rings. The molecule has 5 rings (SSSR count). The molecule has 4 saturated carbocycles. The third kappa shape index (κ3) is 10.8. The number of hydrogen-bond acceptors (Lipinski definition) is 6. The fourth-order valence-corrected chi connectivity index (χ4v) is 15.8. The van der Waals surface area contributed by atoms with Gasteiger partial charge in [0.05, 0.1) is 35.0 Å². The van der Waals surface area contributed by atoms with Crippen LogP contribution in [0.4, 0.5) is 0 Å². The fourth-order valence-electron chi connectivity index (χ4n) is 10.9. The Morgan fingerprint density at radius 2 is 0.648 bits per heavy atom. The van der Waals surface area contributed by atoms with E-state index in [2.05, 4.69) is 83.1 Å². The van der Waals surface area contributed by atoms with Crippen LogP contribution < -0.4 is 10.6 Å². The van der Waals surface area contributed by atoms with Crippen molar-refractivity contribution in [3.8, 4) is 0 Å². The predicted molar refractivity (Wildman–Crippen MR) is 226 cm³/mol. The Kier molecular flexibility index (Phi) is 15.7. The van der Waals surface area contributed by atoms with Crippen molar-refractivity contribution in [2.75, 3.05) is 0 Å². The van der Waals surface area contributed by atoms with Gasteiger partial charge >= 0.3 is 15.2 Å². The number of hydrogen-bond donors (Lipinski definition) is 0. The van der Waals surface area contributed by atoms with Crippen molar-refractivity contribution in [1.29, 1.82) is 0 Å². The van der Waals surface area contributed by atoms with Crippen LogP contribution in [0.15, 0.2) is 24.3 Å². The van der Waals surface area contributed by atoms with E-state index in [-0.39, 0.29) is 48.1 Å². The largest absolute Gasteiger partial charge is 0.362 e. The Balaban J connectivity index is 1.67. The minimum absolute atomic E-state index is 0.221. The lowest BCUT2D eigenvalue weighted by Gasteiger charge is -2.43. The van der Waals surface area contributed by atoms with Crippen LogP contribution in [0.3, 0.4) is 0 Å². The van der Waals surface area contributed by atoms with Crippen molar-refractivity contribution in [3.63, 3.8) is 0 Å². The van der Waals surface area contributed by atoms with Crippen LogP contribution in [0.25, 0.3) is 0 Å². The minimum Gasteiger partial charge on any atom is -0.302 e. The van der Waals surface area contributed by atoms with E-state index in [1.165, 1.54) is 0 Å². The smallest absolute Gasteiger partial charge is 0.302 e. The van der Waals surface area contributed by atoms with E-state index in [0.717, 1.165) is 77.0 Å². The third-order valence-corrected chi connectivity index (χ3v) is 18.7. The van der Waals surface area contributed by atoms with Crippen molar-refractivity contribution >= 4 is 25.8 Å². The topological polar surface area (TPSA) is 71.1 Å². The van der Waals surface area contributed by atoms with Crippen LogP contribution in [-0.2, 0) is 27.2 Å². The van der Waals surface area contributed by atoms with Crippen LogP contribution in [-0.4, -0.2) is 24.4 Å². The Morgan fingerprint density at radius 1 is 0.426 bits per heavy atom. The lowest BCUT2D eigenvalue weighted by molar-refractivity contribution is -0.00185. The monoisotopic (exact) mass is 791 g/mol. The highest BCUT2D eigenvalue weighted by molar-refractivity contribution is 7.68. The van der Waals surface area contributed by atoms with Crippen LogP contribution in [0, 0.1) is 71.0 Å². The van der Waals surface area contributed by atoms with E-state index in [4.69, 9.17) is 18.1 Å². The molecule has 8 heteroatoms. The number of benzene rings is 1. The first-order chi connectivity index (χ1) is 25.4. The van der Waals surface area contributed by atoms with Crippen LogP contribution in [0.2, 0.25) is 0 Å². The van der Waals surface area contributed by atoms with Crippen LogP contribution in [0.1, 0.15) is 160 Å². The zero-order chi connectivity index (χ0) is 39.5. The molecule has 4 aliphatic carbocycles. The molecule has 0 spiro atoms. The first-order valence-corrected chi connectivity index (χ1v) is 25.5. The second-order valence-electron chi connectivity index (χ2n) is 20.4. The summed E-state index contributed by atoms with van der Waals surface area (Å²) in [5.41, 5.74) is 0. The third-order valence-electron chi connectivity index (χ3n) is 14.4. The summed E-state index contributed by atoms with van der Waals surface area (Å²) in [5.74, 6) is 4.44. The normalized spacial score (nSPS) is 36.9. The van der Waals surface area contributed by atoms with Crippen molar-refractivity contribution in [3.05, 3.63) is 24.3 Å². The summed E-state index contributed by atoms with van der Waals surface area (Å²) in [6.07, 6.45) is 11.2. The molecule has 0 bridgehead atoms. The standard InChI is InChI=1S/C46H80O6P2/c1-29(2)37-21-17-33(9)25-41(37)49-53(47,50-42-26-34(10)18-22-38(42)30(3)4)45-15-13-14-16-46(45)54(48,51-43-27-35(11)19-23-39(43)31(5)6)52-44-28-36(12)20-24-40(44)32(7)8/h13-16,29-44H,17-28H2,1-12H3/t33-,34-,35-,36-,37-,38+,39+,40+,41-,42-,43-,44-,53?/m1/s1. The predicted octanol–water partition coefficient (Wildman–Crippen LogP) is 13.2. The van der Waals surface area contributed by atoms with Crippen molar-refractivity contribution in [1.82, 2.24) is 0 Å². The molecule has 0 radical (unpaired) electrons. The van der Waals surface area contributed by atoms with E-state index < -0.39 is 15.2 Å². The molecule has 6 nitrogen and oxygen atoms in total. The molecular weight excluding hydrogens is 710 g/mol. The van der Waals surface area contributed by atoms with E-state index in [0.29, 0.717) is 58.0 Å². The molecule has 0 aromatic heterocycles. The summed E-state index contributed by atoms with van der Waals surface area (Å²) < 4.78 is 61.2. The average Bonchev–Trinajstić information content (AvgIpc) is 3.07. The molecule has 0 heterocycles. The molecule has 310 valence electrons. The van der Waals surface area contributed by atoms with Crippen molar-refractivity contribution in [2.45, 2.75) is 185 Å². The summed E-state index contributed by atoms with van der Waals surface area (Å²) in [6.45, 7) is 27.2. The maximum absolute atomic E-state index is 16.3. The molecule has 1 aromatic carbocycles. The molecule has 4 fully saturated rings. The Bertz CT molecular complexity index is 1240. The molecule has 0 aliphatic heterocycles. The van der Waals surface area contributed by atoms with E-state index in [1.54, 1.807) is 0 Å². The lowest BCUT2D eigenvalue weighted by atomic mass is 9.75. The Morgan fingerprint density at radius 3 is 0.852 bits per heavy atom. The lowest BCUT2D eigenvalue weighted by Crippen LogP contribution is -2.42. The van der Waals surface area contributed by atoms with Crippen molar-refractivity contribution < 1.29 is 27.2 Å². The quantitative estimate of drug-likeness (QED) is 0.175. The molecule has 4 aliphatic rings. The molecule has 0 saturated heterocycles. The van der Waals surface area contributed by atoms with Crippen molar-refractivity contribution in [2.24, 2.45) is 71.0 Å². The first kappa shape index (κ1) is 44.6.